The van der Waals surface area contributed by atoms with Crippen molar-refractivity contribution in [2.24, 2.45) is 0 Å². The lowest BCUT2D eigenvalue weighted by molar-refractivity contribution is -0.134. The van der Waals surface area contributed by atoms with Crippen molar-refractivity contribution in [3.8, 4) is 0 Å². The van der Waals surface area contributed by atoms with Crippen molar-refractivity contribution < 1.29 is 26.8 Å². The van der Waals surface area contributed by atoms with Crippen molar-refractivity contribution in [3.05, 3.63) is 29.8 Å². The summed E-state index contributed by atoms with van der Waals surface area (Å²) in [6.07, 6.45) is -0.0780. The van der Waals surface area contributed by atoms with Gasteiger partial charge in [-0.25, -0.2) is 17.2 Å². The van der Waals surface area contributed by atoms with Gasteiger partial charge in [0.2, 0.25) is 21.8 Å². The molecular formula is C11H10F2N2O4S. The molecule has 1 aromatic carbocycles. The van der Waals surface area contributed by atoms with Crippen molar-refractivity contribution in [2.45, 2.75) is 23.8 Å². The monoisotopic (exact) mass is 304 g/mol. The van der Waals surface area contributed by atoms with E-state index in [2.05, 4.69) is 0 Å². The summed E-state index contributed by atoms with van der Waals surface area (Å²) in [6, 6.07) is 0.776. The molecule has 20 heavy (non-hydrogen) atoms. The molecule has 2 amide bonds. The van der Waals surface area contributed by atoms with Gasteiger partial charge in [0.15, 0.2) is 0 Å². The second kappa shape index (κ2) is 5.25. The Kier molecular flexibility index (Phi) is 3.82. The Hall–Kier alpha value is -1.87. The Morgan fingerprint density at radius 2 is 1.95 bits per heavy atom. The van der Waals surface area contributed by atoms with Crippen LogP contribution in [0.5, 0.6) is 0 Å². The first kappa shape index (κ1) is 14.5. The van der Waals surface area contributed by atoms with Crippen LogP contribution in [0.25, 0.3) is 0 Å². The zero-order chi connectivity index (χ0) is 14.9. The summed E-state index contributed by atoms with van der Waals surface area (Å²) >= 11 is 0. The molecule has 1 unspecified atom stereocenters. The van der Waals surface area contributed by atoms with Crippen molar-refractivity contribution in [2.75, 3.05) is 0 Å². The van der Waals surface area contributed by atoms with Gasteiger partial charge in [-0.1, -0.05) is 0 Å². The summed E-state index contributed by atoms with van der Waals surface area (Å²) in [6.45, 7) is 0. The third-order valence-electron chi connectivity index (χ3n) is 2.72. The summed E-state index contributed by atoms with van der Waals surface area (Å²) < 4.78 is 52.2. The molecule has 108 valence electrons. The van der Waals surface area contributed by atoms with Crippen LogP contribution in [0.2, 0.25) is 0 Å². The Bertz CT molecular complexity index is 675. The number of halogens is 2. The van der Waals surface area contributed by atoms with Crippen LogP contribution in [0.4, 0.5) is 8.78 Å². The minimum Gasteiger partial charge on any atom is -0.295 e. The van der Waals surface area contributed by atoms with Crippen LogP contribution >= 0.6 is 0 Å². The van der Waals surface area contributed by atoms with Crippen LogP contribution in [0.15, 0.2) is 23.1 Å². The number of carbonyl (C=O) groups is 2. The molecule has 0 aromatic heterocycles. The summed E-state index contributed by atoms with van der Waals surface area (Å²) in [5.41, 5.74) is 0. The van der Waals surface area contributed by atoms with Gasteiger partial charge in [0.25, 0.3) is 0 Å². The molecule has 1 aliphatic rings. The van der Waals surface area contributed by atoms with Crippen LogP contribution in [0.3, 0.4) is 0 Å². The maximum absolute atomic E-state index is 13.4. The zero-order valence-electron chi connectivity index (χ0n) is 10.0. The highest BCUT2D eigenvalue weighted by Gasteiger charge is 2.32. The Morgan fingerprint density at radius 1 is 1.25 bits per heavy atom. The van der Waals surface area contributed by atoms with Gasteiger partial charge in [-0.15, -0.1) is 0 Å². The third kappa shape index (κ3) is 2.99. The lowest BCUT2D eigenvalue weighted by Crippen LogP contribution is -2.52. The average Bonchev–Trinajstić information content (AvgIpc) is 2.35. The quantitative estimate of drug-likeness (QED) is 0.772. The Balaban J connectivity index is 2.25. The number of rotatable bonds is 3. The van der Waals surface area contributed by atoms with E-state index in [4.69, 9.17) is 0 Å². The van der Waals surface area contributed by atoms with Gasteiger partial charge in [-0.2, -0.15) is 4.72 Å². The molecule has 0 bridgehead atoms. The van der Waals surface area contributed by atoms with E-state index < -0.39 is 44.4 Å². The smallest absolute Gasteiger partial charge is 0.244 e. The number of nitrogens with one attached hydrogen (secondary N) is 2. The molecule has 1 aromatic rings. The SMILES string of the molecule is O=C1CCC(NS(=O)(=O)c2cc(F)ccc2F)C(=O)N1. The van der Waals surface area contributed by atoms with Gasteiger partial charge in [0, 0.05) is 6.42 Å². The fourth-order valence-corrected chi connectivity index (χ4v) is 3.06. The van der Waals surface area contributed by atoms with Gasteiger partial charge in [-0.3, -0.25) is 14.9 Å². The van der Waals surface area contributed by atoms with Crippen LogP contribution in [-0.2, 0) is 19.6 Å². The summed E-state index contributed by atoms with van der Waals surface area (Å²) in [5.74, 6) is -3.38. The summed E-state index contributed by atoms with van der Waals surface area (Å²) in [5, 5.41) is 1.96. The van der Waals surface area contributed by atoms with Gasteiger partial charge < -0.3 is 0 Å². The van der Waals surface area contributed by atoms with E-state index in [1.807, 2.05) is 10.0 Å². The van der Waals surface area contributed by atoms with E-state index in [1.54, 1.807) is 0 Å². The molecule has 1 saturated heterocycles. The third-order valence-corrected chi connectivity index (χ3v) is 4.21. The fraction of sp³-hybridized carbons (Fsp3) is 0.273. The van der Waals surface area contributed by atoms with Gasteiger partial charge in [0.1, 0.15) is 22.6 Å². The fourth-order valence-electron chi connectivity index (χ4n) is 1.74. The highest BCUT2D eigenvalue weighted by atomic mass is 32.2. The molecule has 9 heteroatoms. The van der Waals surface area contributed by atoms with Gasteiger partial charge in [-0.05, 0) is 24.6 Å². The maximum Gasteiger partial charge on any atom is 0.244 e. The van der Waals surface area contributed by atoms with Crippen molar-refractivity contribution >= 4 is 21.8 Å². The number of piperidine rings is 1. The highest BCUT2D eigenvalue weighted by Crippen LogP contribution is 2.17. The van der Waals surface area contributed by atoms with E-state index in [1.165, 1.54) is 0 Å². The number of hydrogen-bond donors (Lipinski definition) is 2. The lowest BCUT2D eigenvalue weighted by atomic mass is 10.1. The molecule has 1 atom stereocenters. The molecule has 0 radical (unpaired) electrons. The number of amides is 2. The molecule has 1 aliphatic heterocycles. The number of benzene rings is 1. The highest BCUT2D eigenvalue weighted by molar-refractivity contribution is 7.89. The van der Waals surface area contributed by atoms with E-state index in [0.29, 0.717) is 12.1 Å². The largest absolute Gasteiger partial charge is 0.295 e. The molecule has 2 N–H and O–H groups in total. The summed E-state index contributed by atoms with van der Waals surface area (Å²) in [4.78, 5) is 21.5. The standard InChI is InChI=1S/C11H10F2N2O4S/c12-6-1-2-7(13)9(5-6)20(18,19)15-8-3-4-10(16)14-11(8)17/h1-2,5,8,15H,3-4H2,(H,14,16,17). The molecular weight excluding hydrogens is 294 g/mol. The minimum absolute atomic E-state index is 0.0371. The molecule has 0 saturated carbocycles. The predicted octanol–water partition coefficient (Wildman–Crippen LogP) is 0.0483. The van der Waals surface area contributed by atoms with E-state index in [9.17, 15) is 26.8 Å². The first-order valence-corrected chi connectivity index (χ1v) is 7.09. The molecule has 0 aliphatic carbocycles. The van der Waals surface area contributed by atoms with Gasteiger partial charge in [0.05, 0.1) is 0 Å². The van der Waals surface area contributed by atoms with Crippen LogP contribution in [0, 0.1) is 11.6 Å². The number of carbonyl (C=O) groups excluding carboxylic acids is 2. The van der Waals surface area contributed by atoms with Crippen molar-refractivity contribution in [3.63, 3.8) is 0 Å². The van der Waals surface area contributed by atoms with E-state index in [0.717, 1.165) is 6.07 Å². The second-order valence-corrected chi connectivity index (χ2v) is 5.88. The predicted molar refractivity (Wildman–Crippen MR) is 62.9 cm³/mol. The first-order valence-electron chi connectivity index (χ1n) is 5.60. The molecule has 1 heterocycles. The van der Waals surface area contributed by atoms with Crippen LogP contribution < -0.4 is 10.0 Å². The number of hydrogen-bond acceptors (Lipinski definition) is 4. The molecule has 2 rings (SSSR count). The molecule has 1 fully saturated rings. The topological polar surface area (TPSA) is 92.3 Å². The molecule has 0 spiro atoms. The zero-order valence-corrected chi connectivity index (χ0v) is 10.8. The van der Waals surface area contributed by atoms with E-state index in [-0.39, 0.29) is 12.8 Å². The Labute approximate surface area is 113 Å². The van der Waals surface area contributed by atoms with Crippen molar-refractivity contribution in [1.29, 1.82) is 0 Å². The Morgan fingerprint density at radius 3 is 2.60 bits per heavy atom. The molecule has 6 nitrogen and oxygen atoms in total. The maximum atomic E-state index is 13.4. The second-order valence-electron chi connectivity index (χ2n) is 4.20. The van der Waals surface area contributed by atoms with Crippen molar-refractivity contribution in [1.82, 2.24) is 10.0 Å². The summed E-state index contributed by atoms with van der Waals surface area (Å²) in [7, 11) is -4.40. The van der Waals surface area contributed by atoms with Crippen LogP contribution in [0.1, 0.15) is 12.8 Å². The minimum atomic E-state index is -4.40. The number of imide groups is 1. The van der Waals surface area contributed by atoms with Gasteiger partial charge >= 0.3 is 0 Å². The van der Waals surface area contributed by atoms with Crippen LogP contribution in [-0.4, -0.2) is 26.3 Å². The first-order chi connectivity index (χ1) is 9.29. The normalized spacial score (nSPS) is 19.8. The average molecular weight is 304 g/mol. The lowest BCUT2D eigenvalue weighted by Gasteiger charge is -2.21. The van der Waals surface area contributed by atoms with E-state index >= 15 is 0 Å². The number of sulfonamides is 1.